The Balaban J connectivity index is 1.87. The van der Waals surface area contributed by atoms with Gasteiger partial charge in [-0.25, -0.2) is 4.79 Å². The summed E-state index contributed by atoms with van der Waals surface area (Å²) in [4.78, 5) is 24.2. The molecule has 2 aromatic carbocycles. The van der Waals surface area contributed by atoms with Crippen LogP contribution in [-0.4, -0.2) is 40.4 Å². The fourth-order valence-corrected chi connectivity index (χ4v) is 2.31. The van der Waals surface area contributed by atoms with Crippen LogP contribution in [0.2, 0.25) is 0 Å². The number of aromatic hydroxyl groups is 2. The molecule has 0 bridgehead atoms. The summed E-state index contributed by atoms with van der Waals surface area (Å²) in [7, 11) is 0. The van der Waals surface area contributed by atoms with Crippen LogP contribution < -0.4 is 5.73 Å². The third kappa shape index (κ3) is 5.72. The molecular formula is C20H23NO6. The highest BCUT2D eigenvalue weighted by Crippen LogP contribution is 2.25. The lowest BCUT2D eigenvalue weighted by atomic mass is 10.1. The minimum absolute atomic E-state index is 0.123. The molecule has 1 unspecified atom stereocenters. The van der Waals surface area contributed by atoms with Gasteiger partial charge in [-0.3, -0.25) is 4.79 Å². The Bertz CT molecular complexity index is 792. The van der Waals surface area contributed by atoms with E-state index in [0.717, 1.165) is 0 Å². The first-order valence-corrected chi connectivity index (χ1v) is 8.51. The number of phenolic OH excluding ortho intramolecular Hbond substituents is 2. The molecule has 0 aliphatic rings. The van der Waals surface area contributed by atoms with Crippen LogP contribution in [0.1, 0.15) is 29.8 Å². The minimum atomic E-state index is -0.964. The maximum Gasteiger partial charge on any atom is 0.338 e. The van der Waals surface area contributed by atoms with Crippen LogP contribution in [0.4, 0.5) is 0 Å². The molecule has 0 saturated carbocycles. The van der Waals surface area contributed by atoms with E-state index >= 15 is 0 Å². The van der Waals surface area contributed by atoms with Crippen molar-refractivity contribution in [2.75, 3.05) is 0 Å². The predicted octanol–water partition coefficient (Wildman–Crippen LogP) is 2.14. The van der Waals surface area contributed by atoms with Gasteiger partial charge < -0.3 is 25.4 Å². The summed E-state index contributed by atoms with van der Waals surface area (Å²) in [6, 6.07) is 11.7. The summed E-state index contributed by atoms with van der Waals surface area (Å²) in [5, 5.41) is 18.8. The van der Waals surface area contributed by atoms with E-state index in [1.165, 1.54) is 12.1 Å². The van der Waals surface area contributed by atoms with Crippen LogP contribution >= 0.6 is 0 Å². The van der Waals surface area contributed by atoms with Crippen molar-refractivity contribution >= 4 is 11.9 Å². The average molecular weight is 373 g/mol. The van der Waals surface area contributed by atoms with Crippen molar-refractivity contribution in [1.29, 1.82) is 0 Å². The number of rotatable bonds is 7. The highest BCUT2D eigenvalue weighted by atomic mass is 16.6. The molecule has 0 fully saturated rings. The average Bonchev–Trinajstić information content (AvgIpc) is 2.65. The second-order valence-electron chi connectivity index (χ2n) is 6.25. The minimum Gasteiger partial charge on any atom is -0.504 e. The molecule has 0 heterocycles. The van der Waals surface area contributed by atoms with Gasteiger partial charge in [-0.15, -0.1) is 0 Å². The number of hydrogen-bond acceptors (Lipinski definition) is 7. The number of carbonyl (C=O) groups is 2. The molecule has 0 aromatic heterocycles. The zero-order valence-corrected chi connectivity index (χ0v) is 15.2. The zero-order chi connectivity index (χ0) is 20.0. The third-order valence-corrected chi connectivity index (χ3v) is 4.06. The lowest BCUT2D eigenvalue weighted by molar-refractivity contribution is -0.154. The molecule has 7 heteroatoms. The highest BCUT2D eigenvalue weighted by molar-refractivity contribution is 5.89. The topological polar surface area (TPSA) is 119 Å². The first-order chi connectivity index (χ1) is 12.8. The molecule has 0 saturated heterocycles. The van der Waals surface area contributed by atoms with Gasteiger partial charge in [0.25, 0.3) is 0 Å². The first-order valence-electron chi connectivity index (χ1n) is 8.51. The van der Waals surface area contributed by atoms with Crippen molar-refractivity contribution in [1.82, 2.24) is 0 Å². The molecule has 0 aliphatic carbocycles. The number of nitrogens with two attached hydrogens (primary N) is 1. The summed E-state index contributed by atoms with van der Waals surface area (Å²) in [5.74, 6) is -1.70. The van der Waals surface area contributed by atoms with E-state index in [1.54, 1.807) is 50.2 Å². The van der Waals surface area contributed by atoms with Crippen LogP contribution in [0.5, 0.6) is 11.5 Å². The van der Waals surface area contributed by atoms with E-state index in [1.807, 2.05) is 0 Å². The number of hydrogen-bond donors (Lipinski definition) is 3. The van der Waals surface area contributed by atoms with Crippen LogP contribution in [0.3, 0.4) is 0 Å². The Labute approximate surface area is 157 Å². The maximum absolute atomic E-state index is 12.2. The largest absolute Gasteiger partial charge is 0.504 e. The van der Waals surface area contributed by atoms with Crippen molar-refractivity contribution in [2.24, 2.45) is 5.73 Å². The van der Waals surface area contributed by atoms with Crippen molar-refractivity contribution in [3.63, 3.8) is 0 Å². The van der Waals surface area contributed by atoms with Crippen molar-refractivity contribution in [2.45, 2.75) is 38.5 Å². The van der Waals surface area contributed by atoms with Crippen LogP contribution in [-0.2, 0) is 20.7 Å². The van der Waals surface area contributed by atoms with Gasteiger partial charge in [0.1, 0.15) is 18.2 Å². The third-order valence-electron chi connectivity index (χ3n) is 4.06. The van der Waals surface area contributed by atoms with E-state index in [9.17, 15) is 19.8 Å². The molecule has 2 aromatic rings. The fourth-order valence-electron chi connectivity index (χ4n) is 2.31. The number of ether oxygens (including phenoxy) is 2. The van der Waals surface area contributed by atoms with E-state index in [0.29, 0.717) is 11.1 Å². The van der Waals surface area contributed by atoms with E-state index in [-0.39, 0.29) is 17.9 Å². The molecule has 7 nitrogen and oxygen atoms in total. The van der Waals surface area contributed by atoms with Crippen LogP contribution in [0, 0.1) is 0 Å². The highest BCUT2D eigenvalue weighted by Gasteiger charge is 2.24. The Morgan fingerprint density at radius 1 is 0.963 bits per heavy atom. The molecule has 0 aliphatic heterocycles. The lowest BCUT2D eigenvalue weighted by Gasteiger charge is -2.22. The Morgan fingerprint density at radius 2 is 1.59 bits per heavy atom. The van der Waals surface area contributed by atoms with Gasteiger partial charge in [0.15, 0.2) is 11.5 Å². The molecule has 0 amide bonds. The second-order valence-corrected chi connectivity index (χ2v) is 6.25. The number of phenols is 2. The predicted molar refractivity (Wildman–Crippen MR) is 98.3 cm³/mol. The summed E-state index contributed by atoms with van der Waals surface area (Å²) in [6.07, 6.45) is -1.23. The zero-order valence-electron chi connectivity index (χ0n) is 15.2. The number of esters is 2. The van der Waals surface area contributed by atoms with Crippen LogP contribution in [0.15, 0.2) is 48.5 Å². The van der Waals surface area contributed by atoms with Gasteiger partial charge in [-0.1, -0.05) is 24.3 Å². The molecular weight excluding hydrogens is 350 g/mol. The lowest BCUT2D eigenvalue weighted by Crippen LogP contribution is -2.39. The normalized spacial score (nSPS) is 14.0. The van der Waals surface area contributed by atoms with E-state index < -0.39 is 30.2 Å². The van der Waals surface area contributed by atoms with Gasteiger partial charge in [0, 0.05) is 0 Å². The second kappa shape index (κ2) is 9.05. The summed E-state index contributed by atoms with van der Waals surface area (Å²) >= 11 is 0. The molecule has 0 spiro atoms. The molecule has 3 atom stereocenters. The Hall–Kier alpha value is -3.06. The van der Waals surface area contributed by atoms with Crippen molar-refractivity contribution < 1.29 is 29.3 Å². The monoisotopic (exact) mass is 373 g/mol. The van der Waals surface area contributed by atoms with Gasteiger partial charge in [-0.05, 0) is 50.1 Å². The van der Waals surface area contributed by atoms with Gasteiger partial charge >= 0.3 is 11.9 Å². The molecule has 0 radical (unpaired) electrons. The summed E-state index contributed by atoms with van der Waals surface area (Å²) in [5.41, 5.74) is 6.84. The molecule has 4 N–H and O–H groups in total. The first kappa shape index (κ1) is 20.3. The van der Waals surface area contributed by atoms with E-state index in [2.05, 4.69) is 0 Å². The standard InChI is InChI=1S/C20H23NO6/c1-12(26-19(24)15-6-4-3-5-7-15)13(2)27-20(25)16(21)10-14-8-9-17(22)18(23)11-14/h3-9,11-13,16,22-23H,10,21H2,1-2H3/t12?,13-,16-/m0/s1. The van der Waals surface area contributed by atoms with Crippen molar-refractivity contribution in [3.8, 4) is 11.5 Å². The molecule has 144 valence electrons. The van der Waals surface area contributed by atoms with Gasteiger partial charge in [0.05, 0.1) is 5.56 Å². The van der Waals surface area contributed by atoms with Crippen LogP contribution in [0.25, 0.3) is 0 Å². The fraction of sp³-hybridized carbons (Fsp3) is 0.300. The van der Waals surface area contributed by atoms with Gasteiger partial charge in [-0.2, -0.15) is 0 Å². The Kier molecular flexibility index (Phi) is 6.79. The maximum atomic E-state index is 12.2. The molecule has 2 rings (SSSR count). The van der Waals surface area contributed by atoms with E-state index in [4.69, 9.17) is 15.2 Å². The van der Waals surface area contributed by atoms with Gasteiger partial charge in [0.2, 0.25) is 0 Å². The number of carbonyl (C=O) groups excluding carboxylic acids is 2. The smallest absolute Gasteiger partial charge is 0.338 e. The summed E-state index contributed by atoms with van der Waals surface area (Å²) in [6.45, 7) is 3.24. The molecule has 27 heavy (non-hydrogen) atoms. The number of benzene rings is 2. The summed E-state index contributed by atoms with van der Waals surface area (Å²) < 4.78 is 10.6. The Morgan fingerprint density at radius 3 is 2.22 bits per heavy atom. The SMILES string of the molecule is CC(OC(=O)c1ccccc1)[C@H](C)OC(=O)[C@@H](N)Cc1ccc(O)c(O)c1. The quantitative estimate of drug-likeness (QED) is 0.502. The van der Waals surface area contributed by atoms with Crippen molar-refractivity contribution in [3.05, 3.63) is 59.7 Å².